The summed E-state index contributed by atoms with van der Waals surface area (Å²) in [6.07, 6.45) is 6.11. The van der Waals surface area contributed by atoms with Crippen LogP contribution in [0.5, 0.6) is 5.75 Å². The van der Waals surface area contributed by atoms with E-state index in [-0.39, 0.29) is 0 Å². The monoisotopic (exact) mass is 333 g/mol. The van der Waals surface area contributed by atoms with Gasteiger partial charge in [0.1, 0.15) is 5.75 Å². The van der Waals surface area contributed by atoms with Crippen molar-refractivity contribution in [3.05, 3.63) is 65.2 Å². The van der Waals surface area contributed by atoms with E-state index in [0.717, 1.165) is 18.6 Å². The molecule has 1 fully saturated rings. The number of fused-ring (bicyclic) bond motifs is 1. The number of hydrogen-bond acceptors (Lipinski definition) is 2. The third-order valence-electron chi connectivity index (χ3n) is 5.80. The maximum Gasteiger partial charge on any atom is 0.119 e. The zero-order chi connectivity index (χ0) is 17.2. The van der Waals surface area contributed by atoms with E-state index < -0.39 is 0 Å². The first kappa shape index (κ1) is 16.4. The number of benzene rings is 2. The normalized spacial score (nSPS) is 21.1. The fraction of sp³-hybridized carbons (Fsp3) is 0.391. The zero-order valence-electron chi connectivity index (χ0n) is 15.3. The molecule has 0 radical (unpaired) electrons. The molecule has 2 aliphatic rings. The van der Waals surface area contributed by atoms with Crippen molar-refractivity contribution in [3.63, 3.8) is 0 Å². The molecule has 2 nitrogen and oxygen atoms in total. The number of piperidine rings is 1. The Kier molecular flexibility index (Phi) is 4.63. The standard InChI is InChI=1S/C23H27NO/c1-24-15-7-6-10-22(24)23-20(17-8-4-3-5-9-17)13-11-18-16-19(25-2)12-14-21(18)23/h3-5,8-9,12,14,16,22H,6-7,10-11,13,15H2,1-2H3. The van der Waals surface area contributed by atoms with Gasteiger partial charge in [0.15, 0.2) is 0 Å². The Balaban J connectivity index is 1.88. The largest absolute Gasteiger partial charge is 0.497 e. The fourth-order valence-corrected chi connectivity index (χ4v) is 4.48. The Labute approximate surface area is 151 Å². The van der Waals surface area contributed by atoms with Gasteiger partial charge in [0.2, 0.25) is 0 Å². The van der Waals surface area contributed by atoms with Crippen molar-refractivity contribution in [2.75, 3.05) is 20.7 Å². The van der Waals surface area contributed by atoms with E-state index in [2.05, 4.69) is 60.5 Å². The molecule has 1 aliphatic heterocycles. The first-order chi connectivity index (χ1) is 12.3. The summed E-state index contributed by atoms with van der Waals surface area (Å²) in [4.78, 5) is 2.56. The van der Waals surface area contributed by atoms with Gasteiger partial charge in [-0.1, -0.05) is 42.8 Å². The molecule has 1 atom stereocenters. The van der Waals surface area contributed by atoms with Crippen LogP contribution in [0.1, 0.15) is 42.4 Å². The highest BCUT2D eigenvalue weighted by molar-refractivity contribution is 5.95. The number of likely N-dealkylation sites (N-methyl/N-ethyl adjacent to an activating group) is 1. The van der Waals surface area contributed by atoms with Crippen LogP contribution >= 0.6 is 0 Å². The summed E-state index contributed by atoms with van der Waals surface area (Å²) in [5, 5.41) is 0. The average molecular weight is 333 g/mol. The van der Waals surface area contributed by atoms with Crippen molar-refractivity contribution >= 4 is 11.1 Å². The summed E-state index contributed by atoms with van der Waals surface area (Å²) in [6, 6.07) is 18.1. The van der Waals surface area contributed by atoms with Gasteiger partial charge in [-0.15, -0.1) is 0 Å². The van der Waals surface area contributed by atoms with Crippen LogP contribution in [-0.4, -0.2) is 31.6 Å². The van der Waals surface area contributed by atoms with Crippen molar-refractivity contribution in [1.82, 2.24) is 4.90 Å². The van der Waals surface area contributed by atoms with Gasteiger partial charge >= 0.3 is 0 Å². The topological polar surface area (TPSA) is 12.5 Å². The molecule has 0 N–H and O–H groups in total. The Bertz CT molecular complexity index is 778. The smallest absolute Gasteiger partial charge is 0.119 e. The summed E-state index contributed by atoms with van der Waals surface area (Å²) < 4.78 is 5.47. The average Bonchev–Trinajstić information content (AvgIpc) is 2.68. The van der Waals surface area contributed by atoms with Crippen molar-refractivity contribution in [2.45, 2.75) is 38.1 Å². The van der Waals surface area contributed by atoms with Crippen molar-refractivity contribution < 1.29 is 4.74 Å². The molecule has 0 amide bonds. The lowest BCUT2D eigenvalue weighted by molar-refractivity contribution is 0.229. The van der Waals surface area contributed by atoms with Crippen molar-refractivity contribution in [1.29, 1.82) is 0 Å². The van der Waals surface area contributed by atoms with Gasteiger partial charge in [0.25, 0.3) is 0 Å². The van der Waals surface area contributed by atoms with Gasteiger partial charge in [-0.05, 0) is 79.2 Å². The number of methoxy groups -OCH3 is 1. The molecule has 2 heteroatoms. The predicted octanol–water partition coefficient (Wildman–Crippen LogP) is 5.04. The molecule has 0 saturated carbocycles. The van der Waals surface area contributed by atoms with Crippen LogP contribution in [0.3, 0.4) is 0 Å². The number of rotatable bonds is 3. The van der Waals surface area contributed by atoms with Crippen LogP contribution in [0.2, 0.25) is 0 Å². The Morgan fingerprint density at radius 1 is 1.00 bits per heavy atom. The Hall–Kier alpha value is -2.06. The van der Waals surface area contributed by atoms with Gasteiger partial charge in [-0.25, -0.2) is 0 Å². The van der Waals surface area contributed by atoms with E-state index in [1.165, 1.54) is 48.1 Å². The van der Waals surface area contributed by atoms with Gasteiger partial charge < -0.3 is 4.74 Å². The maximum atomic E-state index is 5.47. The molecular formula is C23H27NO. The molecular weight excluding hydrogens is 306 g/mol. The minimum Gasteiger partial charge on any atom is -0.497 e. The first-order valence-electron chi connectivity index (χ1n) is 9.44. The van der Waals surface area contributed by atoms with E-state index in [4.69, 9.17) is 4.74 Å². The van der Waals surface area contributed by atoms with Crippen LogP contribution in [0.4, 0.5) is 0 Å². The van der Waals surface area contributed by atoms with Crippen LogP contribution in [-0.2, 0) is 6.42 Å². The second kappa shape index (κ2) is 7.05. The van der Waals surface area contributed by atoms with E-state index in [1.807, 2.05) is 0 Å². The lowest BCUT2D eigenvalue weighted by atomic mass is 9.77. The second-order valence-corrected chi connectivity index (χ2v) is 7.27. The molecule has 1 unspecified atom stereocenters. The summed E-state index contributed by atoms with van der Waals surface area (Å²) >= 11 is 0. The van der Waals surface area contributed by atoms with Gasteiger partial charge in [0.05, 0.1) is 7.11 Å². The fourth-order valence-electron chi connectivity index (χ4n) is 4.48. The van der Waals surface area contributed by atoms with Gasteiger partial charge in [-0.3, -0.25) is 4.90 Å². The third-order valence-corrected chi connectivity index (χ3v) is 5.80. The second-order valence-electron chi connectivity index (χ2n) is 7.27. The first-order valence-corrected chi connectivity index (χ1v) is 9.44. The number of ether oxygens (including phenoxy) is 1. The van der Waals surface area contributed by atoms with Gasteiger partial charge in [0, 0.05) is 6.04 Å². The molecule has 2 aromatic carbocycles. The van der Waals surface area contributed by atoms with Crippen LogP contribution in [0.15, 0.2) is 48.5 Å². The number of aryl methyl sites for hydroxylation is 1. The van der Waals surface area contributed by atoms with Crippen LogP contribution in [0, 0.1) is 0 Å². The molecule has 2 aromatic rings. The quantitative estimate of drug-likeness (QED) is 0.780. The van der Waals surface area contributed by atoms with Crippen molar-refractivity contribution in [2.24, 2.45) is 0 Å². The van der Waals surface area contributed by atoms with E-state index in [0.29, 0.717) is 6.04 Å². The molecule has 1 heterocycles. The molecule has 0 spiro atoms. The van der Waals surface area contributed by atoms with E-state index in [9.17, 15) is 0 Å². The summed E-state index contributed by atoms with van der Waals surface area (Å²) in [6.45, 7) is 1.20. The van der Waals surface area contributed by atoms with E-state index >= 15 is 0 Å². The van der Waals surface area contributed by atoms with Crippen LogP contribution in [0.25, 0.3) is 11.1 Å². The third kappa shape index (κ3) is 3.11. The van der Waals surface area contributed by atoms with Crippen molar-refractivity contribution in [3.8, 4) is 5.75 Å². The Morgan fingerprint density at radius 3 is 2.60 bits per heavy atom. The van der Waals surface area contributed by atoms with Gasteiger partial charge in [-0.2, -0.15) is 0 Å². The Morgan fingerprint density at radius 2 is 1.84 bits per heavy atom. The highest BCUT2D eigenvalue weighted by atomic mass is 16.5. The molecule has 1 saturated heterocycles. The maximum absolute atomic E-state index is 5.47. The lowest BCUT2D eigenvalue weighted by Crippen LogP contribution is -2.38. The SMILES string of the molecule is COc1ccc2c(c1)CCC(c1ccccc1)=C2C1CCCCN1C. The zero-order valence-corrected chi connectivity index (χ0v) is 15.3. The molecule has 0 aromatic heterocycles. The predicted molar refractivity (Wildman–Crippen MR) is 105 cm³/mol. The number of nitrogens with zero attached hydrogens (tertiary/aromatic N) is 1. The summed E-state index contributed by atoms with van der Waals surface area (Å²) in [5.74, 6) is 0.971. The molecule has 1 aliphatic carbocycles. The molecule has 25 heavy (non-hydrogen) atoms. The number of allylic oxidation sites excluding steroid dienone is 1. The minimum absolute atomic E-state index is 0.524. The lowest BCUT2D eigenvalue weighted by Gasteiger charge is -2.38. The number of likely N-dealkylation sites (tertiary alicyclic amines) is 1. The molecule has 0 bridgehead atoms. The van der Waals surface area contributed by atoms with Crippen LogP contribution < -0.4 is 4.74 Å². The number of hydrogen-bond donors (Lipinski definition) is 0. The highest BCUT2D eigenvalue weighted by Gasteiger charge is 2.30. The highest BCUT2D eigenvalue weighted by Crippen LogP contribution is 2.42. The summed E-state index contributed by atoms with van der Waals surface area (Å²) in [5.41, 5.74) is 7.35. The summed E-state index contributed by atoms with van der Waals surface area (Å²) in [7, 11) is 4.04. The molecule has 130 valence electrons. The van der Waals surface area contributed by atoms with E-state index in [1.54, 1.807) is 12.7 Å². The minimum atomic E-state index is 0.524. The molecule has 4 rings (SSSR count).